The highest BCUT2D eigenvalue weighted by Gasteiger charge is 2.40. The monoisotopic (exact) mass is 280 g/mol. The summed E-state index contributed by atoms with van der Waals surface area (Å²) in [6, 6.07) is 6.41. The maximum absolute atomic E-state index is 12.5. The summed E-state index contributed by atoms with van der Waals surface area (Å²) in [5, 5.41) is 3.36. The number of nitrogens with one attached hydrogen (secondary N) is 1. The minimum absolute atomic E-state index is 0.0487. The number of nitrogens with zero attached hydrogens (tertiary/aromatic N) is 1. The van der Waals surface area contributed by atoms with Crippen LogP contribution in [-0.2, 0) is 9.59 Å². The molecule has 0 spiro atoms. The SMILES string of the molecule is CC(C)(C)C1NC(=O)CN(c2ccc(Cl)cc2)C1=O. The number of carbonyl (C=O) groups is 2. The van der Waals surface area contributed by atoms with Gasteiger partial charge in [-0.25, -0.2) is 0 Å². The lowest BCUT2D eigenvalue weighted by Crippen LogP contribution is -2.62. The molecule has 1 aromatic rings. The molecule has 1 atom stereocenters. The second kappa shape index (κ2) is 4.85. The summed E-state index contributed by atoms with van der Waals surface area (Å²) in [6.07, 6.45) is 0. The van der Waals surface area contributed by atoms with Crippen molar-refractivity contribution in [2.45, 2.75) is 26.8 Å². The van der Waals surface area contributed by atoms with E-state index in [1.165, 1.54) is 4.90 Å². The summed E-state index contributed by atoms with van der Waals surface area (Å²) in [4.78, 5) is 25.8. The van der Waals surface area contributed by atoms with Gasteiger partial charge in [0.05, 0.1) is 0 Å². The van der Waals surface area contributed by atoms with E-state index in [1.807, 2.05) is 20.8 Å². The van der Waals surface area contributed by atoms with Crippen LogP contribution in [0.2, 0.25) is 5.02 Å². The Morgan fingerprint density at radius 1 is 1.21 bits per heavy atom. The van der Waals surface area contributed by atoms with Gasteiger partial charge in [0.2, 0.25) is 5.91 Å². The first-order valence-electron chi connectivity index (χ1n) is 6.15. The van der Waals surface area contributed by atoms with Crippen molar-refractivity contribution in [2.75, 3.05) is 11.4 Å². The zero-order valence-corrected chi connectivity index (χ0v) is 12.0. The molecule has 1 saturated heterocycles. The number of benzene rings is 1. The van der Waals surface area contributed by atoms with Gasteiger partial charge in [-0.1, -0.05) is 32.4 Å². The lowest BCUT2D eigenvalue weighted by atomic mass is 9.84. The number of hydrogen-bond donors (Lipinski definition) is 1. The predicted octanol–water partition coefficient (Wildman–Crippen LogP) is 2.22. The molecule has 1 aromatic carbocycles. The minimum atomic E-state index is -0.510. The third-order valence-electron chi connectivity index (χ3n) is 3.12. The third kappa shape index (κ3) is 2.89. The average Bonchev–Trinajstić information content (AvgIpc) is 2.31. The van der Waals surface area contributed by atoms with Crippen molar-refractivity contribution in [1.82, 2.24) is 5.32 Å². The number of amides is 2. The Balaban J connectivity index is 2.32. The molecule has 2 amide bonds. The normalized spacial score (nSPS) is 20.4. The largest absolute Gasteiger partial charge is 0.342 e. The van der Waals surface area contributed by atoms with E-state index in [4.69, 9.17) is 11.6 Å². The smallest absolute Gasteiger partial charge is 0.250 e. The highest BCUT2D eigenvalue weighted by atomic mass is 35.5. The highest BCUT2D eigenvalue weighted by Crippen LogP contribution is 2.27. The fourth-order valence-electron chi connectivity index (χ4n) is 2.07. The molecule has 0 radical (unpaired) electrons. The van der Waals surface area contributed by atoms with E-state index in [0.717, 1.165) is 0 Å². The van der Waals surface area contributed by atoms with Crippen molar-refractivity contribution in [2.24, 2.45) is 5.41 Å². The fraction of sp³-hybridized carbons (Fsp3) is 0.429. The Morgan fingerprint density at radius 2 is 1.79 bits per heavy atom. The second-order valence-corrected chi connectivity index (χ2v) is 6.20. The molecular weight excluding hydrogens is 264 g/mol. The predicted molar refractivity (Wildman–Crippen MR) is 75.2 cm³/mol. The topological polar surface area (TPSA) is 49.4 Å². The van der Waals surface area contributed by atoms with Crippen LogP contribution in [0.3, 0.4) is 0 Å². The third-order valence-corrected chi connectivity index (χ3v) is 3.38. The van der Waals surface area contributed by atoms with E-state index in [0.29, 0.717) is 10.7 Å². The molecular formula is C14H17ClN2O2. The minimum Gasteiger partial charge on any atom is -0.342 e. The molecule has 1 heterocycles. The molecule has 4 nitrogen and oxygen atoms in total. The Labute approximate surface area is 117 Å². The molecule has 1 aliphatic heterocycles. The van der Waals surface area contributed by atoms with E-state index in [1.54, 1.807) is 24.3 Å². The quantitative estimate of drug-likeness (QED) is 0.857. The zero-order valence-electron chi connectivity index (χ0n) is 11.2. The van der Waals surface area contributed by atoms with Crippen LogP contribution in [0, 0.1) is 5.41 Å². The first kappa shape index (κ1) is 13.9. The lowest BCUT2D eigenvalue weighted by Gasteiger charge is -2.38. The Morgan fingerprint density at radius 3 is 2.32 bits per heavy atom. The second-order valence-electron chi connectivity index (χ2n) is 5.77. The van der Waals surface area contributed by atoms with Gasteiger partial charge in [-0.2, -0.15) is 0 Å². The van der Waals surface area contributed by atoms with E-state index >= 15 is 0 Å². The van der Waals surface area contributed by atoms with Gasteiger partial charge in [-0.15, -0.1) is 0 Å². The van der Waals surface area contributed by atoms with Crippen LogP contribution in [0.25, 0.3) is 0 Å². The van der Waals surface area contributed by atoms with Gasteiger partial charge in [0.15, 0.2) is 0 Å². The number of halogens is 1. The van der Waals surface area contributed by atoms with Crippen LogP contribution < -0.4 is 10.2 Å². The van der Waals surface area contributed by atoms with E-state index in [2.05, 4.69) is 5.32 Å². The molecule has 1 aliphatic rings. The molecule has 1 unspecified atom stereocenters. The molecule has 19 heavy (non-hydrogen) atoms. The van der Waals surface area contributed by atoms with E-state index in [9.17, 15) is 9.59 Å². The van der Waals surface area contributed by atoms with Crippen molar-refractivity contribution in [1.29, 1.82) is 0 Å². The number of anilines is 1. The zero-order chi connectivity index (χ0) is 14.2. The van der Waals surface area contributed by atoms with Crippen molar-refractivity contribution >= 4 is 29.1 Å². The fourth-order valence-corrected chi connectivity index (χ4v) is 2.20. The number of rotatable bonds is 1. The van der Waals surface area contributed by atoms with Crippen LogP contribution in [0.5, 0.6) is 0 Å². The van der Waals surface area contributed by atoms with Crippen LogP contribution in [0.1, 0.15) is 20.8 Å². The summed E-state index contributed by atoms with van der Waals surface area (Å²) in [6.45, 7) is 5.84. The van der Waals surface area contributed by atoms with Crippen LogP contribution >= 0.6 is 11.6 Å². The summed E-state index contributed by atoms with van der Waals surface area (Å²) in [7, 11) is 0. The van der Waals surface area contributed by atoms with Gasteiger partial charge in [-0.05, 0) is 29.7 Å². The molecule has 0 aliphatic carbocycles. The van der Waals surface area contributed by atoms with E-state index < -0.39 is 6.04 Å². The van der Waals surface area contributed by atoms with Gasteiger partial charge >= 0.3 is 0 Å². The van der Waals surface area contributed by atoms with Crippen molar-refractivity contribution in [3.8, 4) is 0 Å². The van der Waals surface area contributed by atoms with Gasteiger partial charge in [0.25, 0.3) is 5.91 Å². The lowest BCUT2D eigenvalue weighted by molar-refractivity contribution is -0.133. The molecule has 1 fully saturated rings. The average molecular weight is 281 g/mol. The van der Waals surface area contributed by atoms with Crippen molar-refractivity contribution < 1.29 is 9.59 Å². The summed E-state index contributed by atoms with van der Waals surface area (Å²) < 4.78 is 0. The van der Waals surface area contributed by atoms with Crippen LogP contribution in [0.15, 0.2) is 24.3 Å². The molecule has 5 heteroatoms. The summed E-state index contributed by atoms with van der Waals surface area (Å²) in [5.41, 5.74) is 0.371. The Hall–Kier alpha value is -1.55. The van der Waals surface area contributed by atoms with Crippen LogP contribution in [0.4, 0.5) is 5.69 Å². The molecule has 0 saturated carbocycles. The Bertz CT molecular complexity index is 505. The molecule has 0 aromatic heterocycles. The summed E-state index contributed by atoms with van der Waals surface area (Å²) in [5.74, 6) is -0.233. The Kier molecular flexibility index (Phi) is 3.54. The van der Waals surface area contributed by atoms with Crippen LogP contribution in [-0.4, -0.2) is 24.4 Å². The van der Waals surface area contributed by atoms with Gasteiger partial charge in [-0.3, -0.25) is 9.59 Å². The first-order chi connectivity index (χ1) is 8.79. The molecule has 0 bridgehead atoms. The van der Waals surface area contributed by atoms with Gasteiger partial charge in [0, 0.05) is 10.7 Å². The van der Waals surface area contributed by atoms with Crippen molar-refractivity contribution in [3.63, 3.8) is 0 Å². The van der Waals surface area contributed by atoms with Crippen molar-refractivity contribution in [3.05, 3.63) is 29.3 Å². The number of piperazine rings is 1. The first-order valence-corrected chi connectivity index (χ1v) is 6.53. The number of carbonyl (C=O) groups excluding carboxylic acids is 2. The molecule has 1 N–H and O–H groups in total. The van der Waals surface area contributed by atoms with Gasteiger partial charge in [0.1, 0.15) is 12.6 Å². The number of hydrogen-bond acceptors (Lipinski definition) is 2. The highest BCUT2D eigenvalue weighted by molar-refractivity contribution is 6.30. The standard InChI is InChI=1S/C14H17ClN2O2/c1-14(2,3)12-13(19)17(8-11(18)16-12)10-6-4-9(15)5-7-10/h4-7,12H,8H2,1-3H3,(H,16,18). The van der Waals surface area contributed by atoms with Gasteiger partial charge < -0.3 is 10.2 Å². The maximum Gasteiger partial charge on any atom is 0.250 e. The maximum atomic E-state index is 12.5. The van der Waals surface area contributed by atoms with E-state index in [-0.39, 0.29) is 23.8 Å². The molecule has 102 valence electrons. The molecule has 2 rings (SSSR count). The summed E-state index contributed by atoms with van der Waals surface area (Å²) >= 11 is 5.83.